The van der Waals surface area contributed by atoms with E-state index >= 15 is 0 Å². The standard InChI is InChI=1S/C8H15F2IN/c1-3-7-4-5-12(11-2)6-8(7,9)10/h7H,3-6H2,1-2H3/q-1. The molecule has 74 valence electrons. The van der Waals surface area contributed by atoms with Gasteiger partial charge >= 0.3 is 83.0 Å². The predicted molar refractivity (Wildman–Crippen MR) is 40.8 cm³/mol. The predicted octanol–water partition coefficient (Wildman–Crippen LogP) is -1.01. The van der Waals surface area contributed by atoms with Crippen LogP contribution in [0.3, 0.4) is 0 Å². The Hall–Kier alpha value is 0.550. The zero-order valence-electron chi connectivity index (χ0n) is 7.49. The molecule has 0 amide bonds. The first-order chi connectivity index (χ1) is 5.60. The minimum absolute atomic E-state index is 0.00921. The summed E-state index contributed by atoms with van der Waals surface area (Å²) >= 11 is -0.145. The van der Waals surface area contributed by atoms with Gasteiger partial charge in [-0.15, -0.1) is 0 Å². The van der Waals surface area contributed by atoms with Crippen LogP contribution in [0.2, 0.25) is 0 Å². The van der Waals surface area contributed by atoms with Gasteiger partial charge in [-0.1, -0.05) is 0 Å². The van der Waals surface area contributed by atoms with E-state index in [1.54, 1.807) is 0 Å². The summed E-state index contributed by atoms with van der Waals surface area (Å²) in [6.07, 6.45) is 1.29. The molecule has 0 aromatic carbocycles. The van der Waals surface area contributed by atoms with E-state index in [4.69, 9.17) is 0 Å². The molecular weight excluding hydrogens is 275 g/mol. The number of nitrogens with zero attached hydrogens (tertiary/aromatic N) is 1. The van der Waals surface area contributed by atoms with Gasteiger partial charge in [0.25, 0.3) is 0 Å². The van der Waals surface area contributed by atoms with Crippen LogP contribution < -0.4 is 21.5 Å². The molecule has 1 rings (SSSR count). The third kappa shape index (κ3) is 2.28. The van der Waals surface area contributed by atoms with E-state index in [9.17, 15) is 8.78 Å². The molecule has 0 saturated carbocycles. The second kappa shape index (κ2) is 4.17. The van der Waals surface area contributed by atoms with E-state index in [1.165, 1.54) is 0 Å². The summed E-state index contributed by atoms with van der Waals surface area (Å²) in [5.74, 6) is -2.80. The van der Waals surface area contributed by atoms with E-state index in [1.807, 2.05) is 15.0 Å². The molecule has 12 heavy (non-hydrogen) atoms. The number of hydrogen-bond acceptors (Lipinski definition) is 1. The zero-order chi connectivity index (χ0) is 9.19. The van der Waals surface area contributed by atoms with Gasteiger partial charge in [0.15, 0.2) is 0 Å². The van der Waals surface area contributed by atoms with Crippen molar-refractivity contribution in [1.29, 1.82) is 0 Å². The van der Waals surface area contributed by atoms with Gasteiger partial charge in [-0.2, -0.15) is 0 Å². The molecule has 1 aliphatic rings. The van der Waals surface area contributed by atoms with Crippen LogP contribution >= 0.6 is 0 Å². The van der Waals surface area contributed by atoms with Crippen molar-refractivity contribution in [3.05, 3.63) is 0 Å². The molecule has 1 unspecified atom stereocenters. The van der Waals surface area contributed by atoms with Gasteiger partial charge in [-0.05, 0) is 0 Å². The maximum atomic E-state index is 13.3. The van der Waals surface area contributed by atoms with Gasteiger partial charge in [-0.3, -0.25) is 0 Å². The molecule has 0 spiro atoms. The molecule has 1 nitrogen and oxygen atoms in total. The van der Waals surface area contributed by atoms with E-state index < -0.39 is 5.92 Å². The van der Waals surface area contributed by atoms with Gasteiger partial charge < -0.3 is 0 Å². The van der Waals surface area contributed by atoms with Gasteiger partial charge in [-0.25, -0.2) is 0 Å². The maximum absolute atomic E-state index is 13.3. The molecule has 1 fully saturated rings. The summed E-state index contributed by atoms with van der Waals surface area (Å²) in [5.41, 5.74) is 0. The first-order valence-corrected chi connectivity index (χ1v) is 7.35. The molecule has 0 aromatic heterocycles. The van der Waals surface area contributed by atoms with Crippen LogP contribution in [0.5, 0.6) is 0 Å². The van der Waals surface area contributed by atoms with Crippen molar-refractivity contribution < 1.29 is 30.3 Å². The summed E-state index contributed by atoms with van der Waals surface area (Å²) < 4.78 is 28.5. The van der Waals surface area contributed by atoms with E-state index in [0.717, 1.165) is 6.54 Å². The molecular formula is C8H15F2IN-. The molecule has 0 aliphatic carbocycles. The Balaban J connectivity index is 2.54. The van der Waals surface area contributed by atoms with Gasteiger partial charge in [0.1, 0.15) is 0 Å². The second-order valence-corrected chi connectivity index (χ2v) is 5.50. The number of hydrogen-bond donors (Lipinski definition) is 0. The summed E-state index contributed by atoms with van der Waals surface area (Å²) in [6, 6.07) is 0. The number of halogens is 3. The third-order valence-electron chi connectivity index (χ3n) is 2.43. The van der Waals surface area contributed by atoms with Crippen molar-refractivity contribution in [1.82, 2.24) is 3.11 Å². The molecule has 0 bridgehead atoms. The molecule has 1 heterocycles. The van der Waals surface area contributed by atoms with Crippen molar-refractivity contribution in [3.63, 3.8) is 0 Å². The fraction of sp³-hybridized carbons (Fsp3) is 1.00. The van der Waals surface area contributed by atoms with Crippen molar-refractivity contribution in [2.75, 3.05) is 18.0 Å². The first-order valence-electron chi connectivity index (χ1n) is 4.22. The summed E-state index contributed by atoms with van der Waals surface area (Å²) in [6.45, 7) is 2.75. The Morgan fingerprint density at radius 1 is 1.58 bits per heavy atom. The quantitative estimate of drug-likeness (QED) is 0.358. The average Bonchev–Trinajstić information content (AvgIpc) is 2.02. The van der Waals surface area contributed by atoms with Crippen LogP contribution in [-0.2, 0) is 0 Å². The van der Waals surface area contributed by atoms with Gasteiger partial charge in [0, 0.05) is 0 Å². The summed E-state index contributed by atoms with van der Waals surface area (Å²) in [7, 11) is 0. The van der Waals surface area contributed by atoms with Gasteiger partial charge in [0.05, 0.1) is 0 Å². The number of piperidine rings is 1. The van der Waals surface area contributed by atoms with Crippen molar-refractivity contribution in [2.45, 2.75) is 25.7 Å². The van der Waals surface area contributed by atoms with Crippen LogP contribution in [0.25, 0.3) is 0 Å². The van der Waals surface area contributed by atoms with Crippen molar-refractivity contribution in [2.24, 2.45) is 5.92 Å². The molecule has 4 heteroatoms. The average molecular weight is 290 g/mol. The van der Waals surface area contributed by atoms with Crippen LogP contribution in [0.15, 0.2) is 0 Å². The van der Waals surface area contributed by atoms with Crippen molar-refractivity contribution in [3.8, 4) is 0 Å². The Labute approximate surface area is 83.1 Å². The van der Waals surface area contributed by atoms with Crippen molar-refractivity contribution >= 4 is 0 Å². The van der Waals surface area contributed by atoms with Crippen LogP contribution in [0.4, 0.5) is 8.78 Å². The minimum atomic E-state index is -2.43. The molecule has 1 atom stereocenters. The Kier molecular flexibility index (Phi) is 3.70. The fourth-order valence-electron chi connectivity index (χ4n) is 1.59. The second-order valence-electron chi connectivity index (χ2n) is 3.17. The molecule has 1 saturated heterocycles. The first kappa shape index (κ1) is 10.6. The number of alkyl halides is 3. The number of rotatable bonds is 2. The van der Waals surface area contributed by atoms with Crippen LogP contribution in [-0.4, -0.2) is 27.1 Å². The Bertz CT molecular complexity index is 152. The van der Waals surface area contributed by atoms with Crippen LogP contribution in [0, 0.1) is 5.92 Å². The Morgan fingerprint density at radius 2 is 2.25 bits per heavy atom. The Morgan fingerprint density at radius 3 is 2.67 bits per heavy atom. The van der Waals surface area contributed by atoms with E-state index in [0.29, 0.717) is 12.8 Å². The van der Waals surface area contributed by atoms with E-state index in [-0.39, 0.29) is 33.9 Å². The summed E-state index contributed by atoms with van der Waals surface area (Å²) in [4.78, 5) is 2.04. The van der Waals surface area contributed by atoms with Gasteiger partial charge in [0.2, 0.25) is 0 Å². The summed E-state index contributed by atoms with van der Waals surface area (Å²) in [5, 5.41) is 0. The normalized spacial score (nSPS) is 30.8. The zero-order valence-corrected chi connectivity index (χ0v) is 9.64. The SMILES string of the molecule is CCC1CCN([I-]C)CC1(F)F. The van der Waals surface area contributed by atoms with Crippen LogP contribution in [0.1, 0.15) is 19.8 Å². The monoisotopic (exact) mass is 290 g/mol. The molecule has 0 N–H and O–H groups in total. The molecule has 0 aromatic rings. The topological polar surface area (TPSA) is 3.24 Å². The molecule has 0 radical (unpaired) electrons. The molecule has 1 aliphatic heterocycles. The fourth-order valence-corrected chi connectivity index (χ4v) is 3.15. The third-order valence-corrected chi connectivity index (χ3v) is 4.62. The van der Waals surface area contributed by atoms with E-state index in [2.05, 4.69) is 0 Å².